The maximum Gasteiger partial charge on any atom is 0.306 e. The van der Waals surface area contributed by atoms with Crippen LogP contribution in [0.3, 0.4) is 0 Å². The largest absolute Gasteiger partial charge is 0.462 e. The summed E-state index contributed by atoms with van der Waals surface area (Å²) in [6.07, 6.45) is 55.2. The Balaban J connectivity index is 0.976. The molecule has 0 unspecified atom stereocenters. The molecule has 4 aliphatic carbocycles. The highest BCUT2D eigenvalue weighted by Crippen LogP contribution is 2.67. The first-order valence-electron chi connectivity index (χ1n) is 27.2. The van der Waals surface area contributed by atoms with Crippen LogP contribution in [0.2, 0.25) is 0 Å². The molecular weight excluding hydrogens is 717 g/mol. The number of hydrogen-bond acceptors (Lipinski definition) is 2. The molecule has 0 aromatic carbocycles. The van der Waals surface area contributed by atoms with Gasteiger partial charge in [0.2, 0.25) is 0 Å². The van der Waals surface area contributed by atoms with Gasteiger partial charge in [-0.2, -0.15) is 0 Å². The van der Waals surface area contributed by atoms with Gasteiger partial charge in [-0.3, -0.25) is 4.79 Å². The Morgan fingerprint density at radius 3 is 1.59 bits per heavy atom. The zero-order valence-corrected chi connectivity index (χ0v) is 40.9. The van der Waals surface area contributed by atoms with E-state index < -0.39 is 0 Å². The summed E-state index contributed by atoms with van der Waals surface area (Å²) in [5.74, 6) is 5.19. The lowest BCUT2D eigenvalue weighted by atomic mass is 9.47. The zero-order chi connectivity index (χ0) is 42.4. The third-order valence-corrected chi connectivity index (χ3v) is 17.5. The molecule has 342 valence electrons. The number of unbranched alkanes of at least 4 members (excludes halogenated alkanes) is 24. The van der Waals surface area contributed by atoms with E-state index in [-0.39, 0.29) is 12.1 Å². The fourth-order valence-corrected chi connectivity index (χ4v) is 13.4. The van der Waals surface area contributed by atoms with Crippen molar-refractivity contribution in [3.05, 3.63) is 23.8 Å². The van der Waals surface area contributed by atoms with Gasteiger partial charge < -0.3 is 4.74 Å². The Hall–Kier alpha value is -1.05. The molecule has 0 heterocycles. The van der Waals surface area contributed by atoms with E-state index >= 15 is 0 Å². The molecule has 3 saturated carbocycles. The Labute approximate surface area is 369 Å². The van der Waals surface area contributed by atoms with Gasteiger partial charge in [-0.1, -0.05) is 226 Å². The van der Waals surface area contributed by atoms with Gasteiger partial charge >= 0.3 is 5.97 Å². The second kappa shape index (κ2) is 27.9. The molecule has 0 N–H and O–H groups in total. The van der Waals surface area contributed by atoms with Crippen LogP contribution in [-0.2, 0) is 9.53 Å². The van der Waals surface area contributed by atoms with Crippen molar-refractivity contribution < 1.29 is 9.53 Å². The SMILES string of the molecule is CCCCCCCCCCCCCCCCCCCCCCCCCCCC(=O)O[C@H]1CC[C@@]2(C)[C@@H](CC=C3[C@@H]2CC[C@]2(C)[C@@H]([C@H](C)/C=C/[C@@H](CC)C(C)C)CC[C@@H]32)C1. The second-order valence-corrected chi connectivity index (χ2v) is 22.2. The van der Waals surface area contributed by atoms with Crippen molar-refractivity contribution in [2.24, 2.45) is 52.3 Å². The van der Waals surface area contributed by atoms with Crippen molar-refractivity contribution in [2.45, 2.75) is 279 Å². The number of ether oxygens (including phenoxy) is 1. The van der Waals surface area contributed by atoms with Crippen LogP contribution in [0, 0.1) is 52.3 Å². The van der Waals surface area contributed by atoms with Gasteiger partial charge in [0.15, 0.2) is 0 Å². The van der Waals surface area contributed by atoms with Crippen LogP contribution in [0.5, 0.6) is 0 Å². The topological polar surface area (TPSA) is 26.3 Å². The van der Waals surface area contributed by atoms with Crippen LogP contribution in [0.25, 0.3) is 0 Å². The van der Waals surface area contributed by atoms with Gasteiger partial charge in [0.1, 0.15) is 6.10 Å². The Bertz CT molecular complexity index is 1180. The van der Waals surface area contributed by atoms with E-state index in [1.165, 1.54) is 199 Å². The predicted molar refractivity (Wildman–Crippen MR) is 258 cm³/mol. The van der Waals surface area contributed by atoms with Crippen LogP contribution < -0.4 is 0 Å². The van der Waals surface area contributed by atoms with Crippen molar-refractivity contribution in [2.75, 3.05) is 0 Å². The van der Waals surface area contributed by atoms with Gasteiger partial charge in [0, 0.05) is 6.42 Å². The maximum atomic E-state index is 13.0. The first kappa shape index (κ1) is 50.6. The fraction of sp³-hybridized carbons (Fsp3) is 0.912. The van der Waals surface area contributed by atoms with Crippen LogP contribution >= 0.6 is 0 Å². The fourth-order valence-electron chi connectivity index (χ4n) is 13.4. The minimum Gasteiger partial charge on any atom is -0.462 e. The van der Waals surface area contributed by atoms with Gasteiger partial charge in [-0.15, -0.1) is 0 Å². The van der Waals surface area contributed by atoms with E-state index in [4.69, 9.17) is 4.74 Å². The molecule has 4 rings (SSSR count). The highest BCUT2D eigenvalue weighted by atomic mass is 16.5. The molecule has 9 atom stereocenters. The minimum atomic E-state index is 0.0759. The molecule has 0 saturated heterocycles. The van der Waals surface area contributed by atoms with Crippen molar-refractivity contribution in [1.82, 2.24) is 0 Å². The molecule has 3 fully saturated rings. The standard InChI is InChI=1S/C57H102O2/c1-8-10-11-12-13-14-15-16-17-18-19-20-21-22-23-24-25-26-27-28-29-30-31-32-33-34-55(58)59-50-41-43-56(6)49(45-50)37-38-51-53-40-39-52(57(53,7)44-42-54(51)56)47(5)35-36-48(9-2)46(3)4/h35-36,38,46-50,52-54H,8-34,37,39-45H2,1-7H3/b36-35+/t47-,48-,49+,50+,52-,53+,54+,56+,57-/m1/s1. The summed E-state index contributed by atoms with van der Waals surface area (Å²) in [6.45, 7) is 17.2. The molecule has 0 aromatic rings. The lowest BCUT2D eigenvalue weighted by Gasteiger charge is -2.58. The van der Waals surface area contributed by atoms with Gasteiger partial charge in [0.05, 0.1) is 0 Å². The number of esters is 1. The number of carbonyl (C=O) groups is 1. The summed E-state index contributed by atoms with van der Waals surface area (Å²) in [5.41, 5.74) is 2.69. The van der Waals surface area contributed by atoms with Crippen LogP contribution in [0.15, 0.2) is 23.8 Å². The Kier molecular flexibility index (Phi) is 23.9. The first-order chi connectivity index (χ1) is 28.6. The van der Waals surface area contributed by atoms with Gasteiger partial charge in [-0.05, 0) is 116 Å². The first-order valence-corrected chi connectivity index (χ1v) is 27.2. The molecule has 2 nitrogen and oxygen atoms in total. The second-order valence-electron chi connectivity index (χ2n) is 22.2. The van der Waals surface area contributed by atoms with Crippen LogP contribution in [0.1, 0.15) is 273 Å². The van der Waals surface area contributed by atoms with Gasteiger partial charge in [0.25, 0.3) is 0 Å². The van der Waals surface area contributed by atoms with E-state index in [1.807, 2.05) is 5.57 Å². The molecule has 59 heavy (non-hydrogen) atoms. The summed E-state index contributed by atoms with van der Waals surface area (Å²) < 4.78 is 6.20. The van der Waals surface area contributed by atoms with E-state index in [2.05, 4.69) is 66.7 Å². The molecule has 0 aromatic heterocycles. The Morgan fingerprint density at radius 2 is 1.10 bits per heavy atom. The monoisotopic (exact) mass is 819 g/mol. The number of hydrogen-bond donors (Lipinski definition) is 0. The van der Waals surface area contributed by atoms with Crippen LogP contribution in [-0.4, -0.2) is 12.1 Å². The van der Waals surface area contributed by atoms with Crippen molar-refractivity contribution in [1.29, 1.82) is 0 Å². The highest BCUT2D eigenvalue weighted by Gasteiger charge is 2.58. The summed E-state index contributed by atoms with van der Waals surface area (Å²) in [4.78, 5) is 13.0. The average Bonchev–Trinajstić information content (AvgIpc) is 3.58. The van der Waals surface area contributed by atoms with E-state index in [9.17, 15) is 4.79 Å². The summed E-state index contributed by atoms with van der Waals surface area (Å²) in [5, 5.41) is 0. The van der Waals surface area contributed by atoms with Crippen molar-refractivity contribution in [3.63, 3.8) is 0 Å². The lowest BCUT2D eigenvalue weighted by Crippen LogP contribution is -2.50. The summed E-state index contributed by atoms with van der Waals surface area (Å²) in [7, 11) is 0. The normalized spacial score (nSPS) is 28.9. The molecule has 0 spiro atoms. The lowest BCUT2D eigenvalue weighted by molar-refractivity contribution is -0.155. The predicted octanol–water partition coefficient (Wildman–Crippen LogP) is 18.5. The molecule has 4 aliphatic rings. The molecule has 2 heteroatoms. The number of fused-ring (bicyclic) bond motifs is 5. The minimum absolute atomic E-state index is 0.0759. The van der Waals surface area contributed by atoms with E-state index in [0.29, 0.717) is 35.0 Å². The number of allylic oxidation sites excluding steroid dienone is 4. The Morgan fingerprint density at radius 1 is 0.627 bits per heavy atom. The van der Waals surface area contributed by atoms with Crippen molar-refractivity contribution >= 4 is 5.97 Å². The zero-order valence-electron chi connectivity index (χ0n) is 40.9. The molecule has 0 radical (unpaired) electrons. The van der Waals surface area contributed by atoms with Crippen LogP contribution in [0.4, 0.5) is 0 Å². The molecule has 0 bridgehead atoms. The molecular formula is C57H102O2. The highest BCUT2D eigenvalue weighted by molar-refractivity contribution is 5.69. The maximum absolute atomic E-state index is 13.0. The average molecular weight is 819 g/mol. The van der Waals surface area contributed by atoms with E-state index in [1.54, 1.807) is 0 Å². The number of rotatable bonds is 32. The number of carbonyl (C=O) groups excluding carboxylic acids is 1. The third-order valence-electron chi connectivity index (χ3n) is 17.5. The van der Waals surface area contributed by atoms with Crippen molar-refractivity contribution in [3.8, 4) is 0 Å². The van der Waals surface area contributed by atoms with Gasteiger partial charge in [-0.25, -0.2) is 0 Å². The molecule has 0 aliphatic heterocycles. The third kappa shape index (κ3) is 16.2. The molecule has 0 amide bonds. The van der Waals surface area contributed by atoms with E-state index in [0.717, 1.165) is 42.9 Å². The summed E-state index contributed by atoms with van der Waals surface area (Å²) >= 11 is 0. The quantitative estimate of drug-likeness (QED) is 0.0384. The summed E-state index contributed by atoms with van der Waals surface area (Å²) in [6, 6.07) is 0. The smallest absolute Gasteiger partial charge is 0.306 e.